The van der Waals surface area contributed by atoms with Gasteiger partial charge in [0, 0.05) is 12.2 Å². The van der Waals surface area contributed by atoms with Gasteiger partial charge in [-0.3, -0.25) is 9.59 Å². The van der Waals surface area contributed by atoms with E-state index in [4.69, 9.17) is 10.2 Å². The van der Waals surface area contributed by atoms with E-state index in [1.807, 2.05) is 32.9 Å². The molecule has 104 valence electrons. The van der Waals surface area contributed by atoms with Crippen LogP contribution in [0.2, 0.25) is 0 Å². The van der Waals surface area contributed by atoms with Gasteiger partial charge in [0.25, 0.3) is 0 Å². The molecule has 0 aromatic heterocycles. The minimum absolute atomic E-state index is 0.0833. The summed E-state index contributed by atoms with van der Waals surface area (Å²) in [5.74, 6) is -1.90. The number of benzene rings is 1. The maximum atomic E-state index is 10.9. The van der Waals surface area contributed by atoms with Crippen molar-refractivity contribution >= 4 is 17.6 Å². The Morgan fingerprint density at radius 3 is 2.00 bits per heavy atom. The lowest BCUT2D eigenvalue weighted by Crippen LogP contribution is -2.33. The quantitative estimate of drug-likeness (QED) is 0.822. The number of aryl methyl sites for hydroxylation is 3. The summed E-state index contributed by atoms with van der Waals surface area (Å²) in [6.45, 7) is 5.78. The molecule has 0 amide bonds. The van der Waals surface area contributed by atoms with Crippen molar-refractivity contribution in [2.75, 3.05) is 18.0 Å². The molecule has 0 aliphatic rings. The molecular weight excluding hydrogens is 246 g/mol. The van der Waals surface area contributed by atoms with E-state index >= 15 is 0 Å². The molecule has 0 fully saturated rings. The summed E-state index contributed by atoms with van der Waals surface area (Å²) < 4.78 is 0. The minimum atomic E-state index is -0.968. The van der Waals surface area contributed by atoms with Crippen LogP contribution in [0.25, 0.3) is 0 Å². The van der Waals surface area contributed by atoms with Gasteiger partial charge in [-0.1, -0.05) is 17.7 Å². The molecule has 1 rings (SSSR count). The fraction of sp³-hybridized carbons (Fsp3) is 0.429. The van der Waals surface area contributed by atoms with Crippen LogP contribution in [0.3, 0.4) is 0 Å². The summed E-state index contributed by atoms with van der Waals surface area (Å²) in [7, 11) is 0. The van der Waals surface area contributed by atoms with Crippen LogP contribution >= 0.6 is 0 Å². The van der Waals surface area contributed by atoms with E-state index in [1.54, 1.807) is 4.90 Å². The Morgan fingerprint density at radius 1 is 1.05 bits per heavy atom. The zero-order chi connectivity index (χ0) is 14.6. The Bertz CT molecular complexity index is 473. The predicted octanol–water partition coefficient (Wildman–Crippen LogP) is 1.98. The molecular formula is C14H19NO4. The first-order valence-corrected chi connectivity index (χ1v) is 6.07. The van der Waals surface area contributed by atoms with E-state index in [0.717, 1.165) is 22.4 Å². The van der Waals surface area contributed by atoms with E-state index in [-0.39, 0.29) is 19.5 Å². The van der Waals surface area contributed by atoms with Crippen molar-refractivity contribution in [3.63, 3.8) is 0 Å². The highest BCUT2D eigenvalue weighted by atomic mass is 16.4. The van der Waals surface area contributed by atoms with Gasteiger partial charge in [0.15, 0.2) is 0 Å². The van der Waals surface area contributed by atoms with Crippen molar-refractivity contribution in [2.24, 2.45) is 0 Å². The first-order chi connectivity index (χ1) is 8.81. The lowest BCUT2D eigenvalue weighted by atomic mass is 10.0. The second kappa shape index (κ2) is 6.22. The SMILES string of the molecule is Cc1cc(C)c(N(CCC(=O)O)CC(=O)O)c(C)c1. The van der Waals surface area contributed by atoms with Gasteiger partial charge in [-0.2, -0.15) is 0 Å². The molecule has 5 nitrogen and oxygen atoms in total. The Balaban J connectivity index is 3.09. The van der Waals surface area contributed by atoms with Gasteiger partial charge < -0.3 is 15.1 Å². The van der Waals surface area contributed by atoms with Gasteiger partial charge in [0.1, 0.15) is 6.54 Å². The number of nitrogens with zero attached hydrogens (tertiary/aromatic N) is 1. The highest BCUT2D eigenvalue weighted by molar-refractivity contribution is 5.76. The van der Waals surface area contributed by atoms with Gasteiger partial charge in [-0.15, -0.1) is 0 Å². The second-order valence-electron chi connectivity index (χ2n) is 4.71. The summed E-state index contributed by atoms with van der Waals surface area (Å²) in [5, 5.41) is 17.7. The molecule has 0 spiro atoms. The Hall–Kier alpha value is -2.04. The van der Waals surface area contributed by atoms with Crippen LogP contribution in [0.4, 0.5) is 5.69 Å². The molecule has 19 heavy (non-hydrogen) atoms. The Morgan fingerprint density at radius 2 is 1.58 bits per heavy atom. The van der Waals surface area contributed by atoms with Gasteiger partial charge in [0.05, 0.1) is 6.42 Å². The summed E-state index contributed by atoms with van der Waals surface area (Å²) in [6.07, 6.45) is -0.0833. The van der Waals surface area contributed by atoms with Crippen LogP contribution in [-0.2, 0) is 9.59 Å². The molecule has 0 radical (unpaired) electrons. The molecule has 0 bridgehead atoms. The largest absolute Gasteiger partial charge is 0.481 e. The molecule has 0 aliphatic heterocycles. The van der Waals surface area contributed by atoms with E-state index in [2.05, 4.69) is 0 Å². The lowest BCUT2D eigenvalue weighted by molar-refractivity contribution is -0.138. The third-order valence-corrected chi connectivity index (χ3v) is 2.87. The molecule has 2 N–H and O–H groups in total. The van der Waals surface area contributed by atoms with E-state index < -0.39 is 11.9 Å². The Labute approximate surface area is 112 Å². The number of carboxylic acids is 2. The monoisotopic (exact) mass is 265 g/mol. The zero-order valence-corrected chi connectivity index (χ0v) is 11.4. The summed E-state index contributed by atoms with van der Waals surface area (Å²) in [6, 6.07) is 3.94. The first-order valence-electron chi connectivity index (χ1n) is 6.07. The lowest BCUT2D eigenvalue weighted by Gasteiger charge is -2.26. The van der Waals surface area contributed by atoms with Gasteiger partial charge in [0.2, 0.25) is 0 Å². The maximum Gasteiger partial charge on any atom is 0.323 e. The molecule has 5 heteroatoms. The van der Waals surface area contributed by atoms with Crippen molar-refractivity contribution in [3.8, 4) is 0 Å². The number of hydrogen-bond acceptors (Lipinski definition) is 3. The smallest absolute Gasteiger partial charge is 0.323 e. The van der Waals surface area contributed by atoms with Crippen LogP contribution in [-0.4, -0.2) is 35.2 Å². The molecule has 1 aromatic rings. The molecule has 0 saturated heterocycles. The average Bonchev–Trinajstić information content (AvgIpc) is 2.23. The summed E-state index contributed by atoms with van der Waals surface area (Å²) in [4.78, 5) is 23.2. The van der Waals surface area contributed by atoms with Crippen LogP contribution in [0.15, 0.2) is 12.1 Å². The van der Waals surface area contributed by atoms with Crippen molar-refractivity contribution in [1.29, 1.82) is 0 Å². The maximum absolute atomic E-state index is 10.9. The van der Waals surface area contributed by atoms with E-state index in [0.29, 0.717) is 0 Å². The number of rotatable bonds is 6. The van der Waals surface area contributed by atoms with Gasteiger partial charge >= 0.3 is 11.9 Å². The summed E-state index contributed by atoms with van der Waals surface area (Å²) >= 11 is 0. The van der Waals surface area contributed by atoms with Crippen molar-refractivity contribution in [3.05, 3.63) is 28.8 Å². The Kier molecular flexibility index (Phi) is 4.92. The van der Waals surface area contributed by atoms with Gasteiger partial charge in [-0.05, 0) is 31.9 Å². The number of aliphatic carboxylic acids is 2. The minimum Gasteiger partial charge on any atom is -0.481 e. The first kappa shape index (κ1) is 15.0. The molecule has 0 heterocycles. The van der Waals surface area contributed by atoms with E-state index in [9.17, 15) is 9.59 Å². The predicted molar refractivity (Wildman–Crippen MR) is 72.8 cm³/mol. The standard InChI is InChI=1S/C14H19NO4/c1-9-6-10(2)14(11(3)7-9)15(8-13(18)19)5-4-12(16)17/h6-7H,4-5,8H2,1-3H3,(H,16,17)(H,18,19). The number of hydrogen-bond donors (Lipinski definition) is 2. The fourth-order valence-corrected chi connectivity index (χ4v) is 2.33. The number of anilines is 1. The third-order valence-electron chi connectivity index (χ3n) is 2.87. The summed E-state index contributed by atoms with van der Waals surface area (Å²) in [5.41, 5.74) is 3.84. The van der Waals surface area contributed by atoms with E-state index in [1.165, 1.54) is 0 Å². The third kappa shape index (κ3) is 4.28. The second-order valence-corrected chi connectivity index (χ2v) is 4.71. The molecule has 0 aliphatic carbocycles. The van der Waals surface area contributed by atoms with Crippen molar-refractivity contribution in [2.45, 2.75) is 27.2 Å². The van der Waals surface area contributed by atoms with Crippen molar-refractivity contribution < 1.29 is 19.8 Å². The zero-order valence-electron chi connectivity index (χ0n) is 11.4. The fourth-order valence-electron chi connectivity index (χ4n) is 2.33. The number of carboxylic acid groups (broad SMARTS) is 2. The molecule has 0 atom stereocenters. The van der Waals surface area contributed by atoms with Crippen LogP contribution in [0.1, 0.15) is 23.1 Å². The molecule has 1 aromatic carbocycles. The van der Waals surface area contributed by atoms with Crippen LogP contribution in [0, 0.1) is 20.8 Å². The number of carbonyl (C=O) groups is 2. The normalized spacial score (nSPS) is 10.3. The average molecular weight is 265 g/mol. The topological polar surface area (TPSA) is 77.8 Å². The van der Waals surface area contributed by atoms with Crippen molar-refractivity contribution in [1.82, 2.24) is 0 Å². The highest BCUT2D eigenvalue weighted by Gasteiger charge is 2.16. The van der Waals surface area contributed by atoms with Gasteiger partial charge in [-0.25, -0.2) is 0 Å². The highest BCUT2D eigenvalue weighted by Crippen LogP contribution is 2.26. The molecule has 0 unspecified atom stereocenters. The van der Waals surface area contributed by atoms with Crippen LogP contribution < -0.4 is 4.90 Å². The molecule has 0 saturated carbocycles. The van der Waals surface area contributed by atoms with Crippen LogP contribution in [0.5, 0.6) is 0 Å².